The molecule has 1 aliphatic rings. The van der Waals surface area contributed by atoms with E-state index >= 15 is 0 Å². The SMILES string of the molecule is CC(C)(C)OC(=O)n1c(-c2ccc(Cl)c3c2C(=O)NC3)cc2cc(CNc3ccc(N)cc3)ccc21. The fraction of sp³-hybridized carbons (Fsp3) is 0.214. The molecule has 4 N–H and O–H groups in total. The lowest BCUT2D eigenvalue weighted by molar-refractivity contribution is 0.0547. The van der Waals surface area contributed by atoms with Gasteiger partial charge in [-0.3, -0.25) is 4.79 Å². The highest BCUT2D eigenvalue weighted by Crippen LogP contribution is 2.37. The van der Waals surface area contributed by atoms with Crippen LogP contribution in [0.1, 0.15) is 42.3 Å². The Morgan fingerprint density at radius 2 is 1.86 bits per heavy atom. The van der Waals surface area contributed by atoms with Gasteiger partial charge in [0.2, 0.25) is 0 Å². The van der Waals surface area contributed by atoms with Crippen molar-refractivity contribution >= 4 is 45.9 Å². The van der Waals surface area contributed by atoms with Crippen molar-refractivity contribution < 1.29 is 14.3 Å². The zero-order valence-electron chi connectivity index (χ0n) is 20.3. The molecule has 1 amide bonds. The van der Waals surface area contributed by atoms with Crippen LogP contribution in [-0.2, 0) is 17.8 Å². The number of rotatable bonds is 4. The molecule has 0 spiro atoms. The zero-order valence-corrected chi connectivity index (χ0v) is 21.1. The largest absolute Gasteiger partial charge is 0.443 e. The Labute approximate surface area is 214 Å². The third-order valence-electron chi connectivity index (χ3n) is 6.03. The van der Waals surface area contributed by atoms with Crippen molar-refractivity contribution in [2.45, 2.75) is 39.5 Å². The summed E-state index contributed by atoms with van der Waals surface area (Å²) in [5.74, 6) is -0.211. The Bertz CT molecular complexity index is 1500. The number of halogens is 1. The average molecular weight is 503 g/mol. The fourth-order valence-corrected chi connectivity index (χ4v) is 4.63. The summed E-state index contributed by atoms with van der Waals surface area (Å²) in [7, 11) is 0. The molecule has 4 aromatic rings. The number of benzene rings is 3. The Morgan fingerprint density at radius 3 is 2.58 bits per heavy atom. The number of nitrogens with two attached hydrogens (primary N) is 1. The van der Waals surface area contributed by atoms with Crippen LogP contribution in [0.2, 0.25) is 5.02 Å². The Hall–Kier alpha value is -3.97. The van der Waals surface area contributed by atoms with Gasteiger partial charge in [-0.25, -0.2) is 9.36 Å². The van der Waals surface area contributed by atoms with Crippen molar-refractivity contribution in [1.29, 1.82) is 0 Å². The standard InChI is InChI=1S/C28H27ClN4O3/c1-28(2,3)36-27(35)33-23-11-4-16(14-31-19-7-5-18(30)6-8-19)12-17(23)13-24(33)20-9-10-22(29)21-15-32-26(34)25(20)21/h4-13,31H,14-15,30H2,1-3H3,(H,32,34). The predicted molar refractivity (Wildman–Crippen MR) is 143 cm³/mol. The van der Waals surface area contributed by atoms with E-state index in [4.69, 9.17) is 22.1 Å². The quantitative estimate of drug-likeness (QED) is 0.289. The minimum atomic E-state index is -0.687. The number of fused-ring (bicyclic) bond motifs is 2. The lowest BCUT2D eigenvalue weighted by Crippen LogP contribution is -2.27. The van der Waals surface area contributed by atoms with Crippen LogP contribution >= 0.6 is 11.6 Å². The number of hydrogen-bond acceptors (Lipinski definition) is 5. The number of aromatic nitrogens is 1. The molecule has 0 saturated heterocycles. The van der Waals surface area contributed by atoms with E-state index in [0.717, 1.165) is 22.2 Å². The summed E-state index contributed by atoms with van der Waals surface area (Å²) in [6.45, 7) is 6.42. The summed E-state index contributed by atoms with van der Waals surface area (Å²) in [6.07, 6.45) is -0.512. The highest BCUT2D eigenvalue weighted by Gasteiger charge is 2.29. The number of hydrogen-bond donors (Lipinski definition) is 3. The van der Waals surface area contributed by atoms with Crippen LogP contribution in [0.4, 0.5) is 16.2 Å². The first kappa shape index (κ1) is 23.8. The summed E-state index contributed by atoms with van der Waals surface area (Å²) in [6, 6.07) is 18.9. The van der Waals surface area contributed by atoms with Crippen LogP contribution in [-0.4, -0.2) is 22.2 Å². The molecule has 1 aromatic heterocycles. The predicted octanol–water partition coefficient (Wildman–Crippen LogP) is 6.18. The molecule has 0 atom stereocenters. The Morgan fingerprint density at radius 1 is 1.11 bits per heavy atom. The number of anilines is 2. The molecule has 7 nitrogen and oxygen atoms in total. The number of nitrogens with zero attached hydrogens (tertiary/aromatic N) is 1. The molecule has 5 rings (SSSR count). The van der Waals surface area contributed by atoms with Crippen molar-refractivity contribution in [3.63, 3.8) is 0 Å². The Kier molecular flexibility index (Phi) is 5.88. The maximum Gasteiger partial charge on any atom is 0.419 e. The van der Waals surface area contributed by atoms with E-state index in [1.54, 1.807) is 12.1 Å². The molecule has 1 aliphatic heterocycles. The molecule has 3 aromatic carbocycles. The summed E-state index contributed by atoms with van der Waals surface area (Å²) in [5.41, 5.74) is 10.9. The molecule has 0 unspecified atom stereocenters. The van der Waals surface area contributed by atoms with Crippen molar-refractivity contribution in [3.05, 3.63) is 82.4 Å². The van der Waals surface area contributed by atoms with Gasteiger partial charge in [0.25, 0.3) is 5.91 Å². The van der Waals surface area contributed by atoms with Crippen LogP contribution in [0.5, 0.6) is 0 Å². The minimum Gasteiger partial charge on any atom is -0.443 e. The van der Waals surface area contributed by atoms with Gasteiger partial charge < -0.3 is 21.1 Å². The van der Waals surface area contributed by atoms with Gasteiger partial charge in [-0.15, -0.1) is 0 Å². The van der Waals surface area contributed by atoms with E-state index in [-0.39, 0.29) is 5.91 Å². The number of ether oxygens (including phenoxy) is 1. The first-order valence-corrected chi connectivity index (χ1v) is 12.1. The highest BCUT2D eigenvalue weighted by molar-refractivity contribution is 6.32. The van der Waals surface area contributed by atoms with Crippen LogP contribution in [0.3, 0.4) is 0 Å². The van der Waals surface area contributed by atoms with Crippen molar-refractivity contribution in [1.82, 2.24) is 9.88 Å². The van der Waals surface area contributed by atoms with Gasteiger partial charge in [0, 0.05) is 46.0 Å². The number of amides is 1. The van der Waals surface area contributed by atoms with Crippen molar-refractivity contribution in [3.8, 4) is 11.3 Å². The van der Waals surface area contributed by atoms with Crippen molar-refractivity contribution in [2.24, 2.45) is 0 Å². The smallest absolute Gasteiger partial charge is 0.419 e. The number of carbonyl (C=O) groups is 2. The van der Waals surface area contributed by atoms with Gasteiger partial charge in [-0.1, -0.05) is 23.7 Å². The average Bonchev–Trinajstić information content (AvgIpc) is 3.39. The fourth-order valence-electron chi connectivity index (χ4n) is 4.41. The van der Waals surface area contributed by atoms with Gasteiger partial charge in [0.1, 0.15) is 5.60 Å². The minimum absolute atomic E-state index is 0.211. The number of nitrogens with one attached hydrogen (secondary N) is 2. The van der Waals surface area contributed by atoms with Crippen LogP contribution in [0.25, 0.3) is 22.2 Å². The molecule has 2 heterocycles. The second-order valence-electron chi connectivity index (χ2n) is 9.85. The van der Waals surface area contributed by atoms with Crippen molar-refractivity contribution in [2.75, 3.05) is 11.1 Å². The molecule has 36 heavy (non-hydrogen) atoms. The summed E-state index contributed by atoms with van der Waals surface area (Å²) in [4.78, 5) is 26.1. The molecule has 8 heteroatoms. The molecular weight excluding hydrogens is 476 g/mol. The van der Waals surface area contributed by atoms with Crippen LogP contribution in [0.15, 0.2) is 60.7 Å². The second-order valence-corrected chi connectivity index (χ2v) is 10.3. The van der Waals surface area contributed by atoms with Gasteiger partial charge in [-0.05, 0) is 74.9 Å². The van der Waals surface area contributed by atoms with Crippen LogP contribution in [0, 0.1) is 0 Å². The van der Waals surface area contributed by atoms with E-state index in [1.807, 2.05) is 69.3 Å². The van der Waals surface area contributed by atoms with E-state index in [9.17, 15) is 9.59 Å². The topological polar surface area (TPSA) is 98.4 Å². The normalized spacial score (nSPS) is 12.9. The van der Waals surface area contributed by atoms with E-state index in [1.165, 1.54) is 4.57 Å². The molecular formula is C28H27ClN4O3. The Balaban J connectivity index is 1.60. The van der Waals surface area contributed by atoms with Gasteiger partial charge in [-0.2, -0.15) is 0 Å². The maximum absolute atomic E-state index is 13.4. The zero-order chi connectivity index (χ0) is 25.6. The lowest BCUT2D eigenvalue weighted by atomic mass is 10.00. The van der Waals surface area contributed by atoms with E-state index in [2.05, 4.69) is 10.6 Å². The molecule has 0 saturated carbocycles. The van der Waals surface area contributed by atoms with Gasteiger partial charge >= 0.3 is 6.09 Å². The van der Waals surface area contributed by atoms with Gasteiger partial charge in [0.05, 0.1) is 16.8 Å². The van der Waals surface area contributed by atoms with E-state index < -0.39 is 11.7 Å². The second kappa shape index (κ2) is 8.91. The third kappa shape index (κ3) is 4.50. The molecule has 184 valence electrons. The number of carbonyl (C=O) groups excluding carboxylic acids is 2. The van der Waals surface area contributed by atoms with Gasteiger partial charge in [0.15, 0.2) is 0 Å². The van der Waals surface area contributed by atoms with Crippen LogP contribution < -0.4 is 16.4 Å². The van der Waals surface area contributed by atoms with E-state index in [0.29, 0.717) is 46.1 Å². The summed E-state index contributed by atoms with van der Waals surface area (Å²) < 4.78 is 7.28. The molecule has 0 bridgehead atoms. The maximum atomic E-state index is 13.4. The number of nitrogen functional groups attached to an aromatic ring is 1. The molecule has 0 fully saturated rings. The summed E-state index contributed by atoms with van der Waals surface area (Å²) >= 11 is 6.37. The summed E-state index contributed by atoms with van der Waals surface area (Å²) in [5, 5.41) is 7.59. The molecule has 0 aliphatic carbocycles. The third-order valence-corrected chi connectivity index (χ3v) is 6.39. The highest BCUT2D eigenvalue weighted by atomic mass is 35.5. The first-order chi connectivity index (χ1) is 17.1. The lowest BCUT2D eigenvalue weighted by Gasteiger charge is -2.21. The monoisotopic (exact) mass is 502 g/mol. The molecule has 0 radical (unpaired) electrons. The first-order valence-electron chi connectivity index (χ1n) is 11.7.